The number of likely N-dealkylation sites (N-methyl/N-ethyl adjacent to an activating group) is 2. The van der Waals surface area contributed by atoms with Crippen LogP contribution in [0, 0.1) is 11.3 Å². The van der Waals surface area contributed by atoms with Gasteiger partial charge in [-0.25, -0.2) is 0 Å². The first-order valence-electron chi connectivity index (χ1n) is 6.23. The van der Waals surface area contributed by atoms with E-state index < -0.39 is 0 Å². The Morgan fingerprint density at radius 3 is 2.94 bits per heavy atom. The van der Waals surface area contributed by atoms with Crippen LogP contribution in [0.4, 0.5) is 5.69 Å². The maximum absolute atomic E-state index is 9.23. The van der Waals surface area contributed by atoms with Gasteiger partial charge in [0.05, 0.1) is 11.3 Å². The molecule has 1 fully saturated rings. The lowest BCUT2D eigenvalue weighted by Gasteiger charge is -2.37. The molecule has 3 nitrogen and oxygen atoms in total. The predicted octanol–water partition coefficient (Wildman–Crippen LogP) is 2.85. The highest BCUT2D eigenvalue weighted by Gasteiger charge is 2.22. The van der Waals surface area contributed by atoms with Gasteiger partial charge in [0, 0.05) is 24.1 Å². The van der Waals surface area contributed by atoms with Crippen molar-refractivity contribution in [2.75, 3.05) is 32.1 Å². The minimum absolute atomic E-state index is 0.497. The summed E-state index contributed by atoms with van der Waals surface area (Å²) in [5.74, 6) is 0. The third-order valence-electron chi connectivity index (χ3n) is 3.61. The number of halogens is 1. The maximum Gasteiger partial charge on any atom is 0.101 e. The molecule has 96 valence electrons. The van der Waals surface area contributed by atoms with Crippen LogP contribution in [0.25, 0.3) is 0 Å². The average molecular weight is 308 g/mol. The third kappa shape index (κ3) is 2.85. The molecule has 0 bridgehead atoms. The number of likely N-dealkylation sites (tertiary alicyclic amines) is 1. The van der Waals surface area contributed by atoms with Crippen LogP contribution in [-0.2, 0) is 0 Å². The number of benzene rings is 1. The quantitative estimate of drug-likeness (QED) is 0.841. The lowest BCUT2D eigenvalue weighted by atomic mass is 10.0. The third-order valence-corrected chi connectivity index (χ3v) is 4.10. The second-order valence-electron chi connectivity index (χ2n) is 4.94. The number of hydrogen-bond acceptors (Lipinski definition) is 3. The summed E-state index contributed by atoms with van der Waals surface area (Å²) in [5.41, 5.74) is 1.76. The van der Waals surface area contributed by atoms with E-state index in [1.54, 1.807) is 0 Å². The van der Waals surface area contributed by atoms with Gasteiger partial charge in [-0.15, -0.1) is 0 Å². The highest BCUT2D eigenvalue weighted by atomic mass is 79.9. The number of hydrogen-bond donors (Lipinski definition) is 0. The Morgan fingerprint density at radius 1 is 1.50 bits per heavy atom. The summed E-state index contributed by atoms with van der Waals surface area (Å²) in [6.07, 6.45) is 2.42. The second kappa shape index (κ2) is 5.73. The van der Waals surface area contributed by atoms with E-state index in [0.717, 1.165) is 22.3 Å². The summed E-state index contributed by atoms with van der Waals surface area (Å²) >= 11 is 3.41. The van der Waals surface area contributed by atoms with Crippen LogP contribution in [-0.4, -0.2) is 38.1 Å². The Labute approximate surface area is 117 Å². The molecule has 1 saturated heterocycles. The SMILES string of the molecule is CN1CCCC(N(C)c2ccc(Br)cc2C#N)C1. The Bertz CT molecular complexity index is 467. The summed E-state index contributed by atoms with van der Waals surface area (Å²) in [7, 11) is 4.25. The van der Waals surface area contributed by atoms with E-state index in [4.69, 9.17) is 0 Å². The number of piperidine rings is 1. The highest BCUT2D eigenvalue weighted by Crippen LogP contribution is 2.26. The molecule has 1 aliphatic heterocycles. The molecule has 0 N–H and O–H groups in total. The van der Waals surface area contributed by atoms with Gasteiger partial charge in [-0.3, -0.25) is 0 Å². The van der Waals surface area contributed by atoms with Gasteiger partial charge in [0.25, 0.3) is 0 Å². The smallest absolute Gasteiger partial charge is 0.101 e. The van der Waals surface area contributed by atoms with Crippen LogP contribution >= 0.6 is 15.9 Å². The van der Waals surface area contributed by atoms with Crippen molar-refractivity contribution in [2.45, 2.75) is 18.9 Å². The number of anilines is 1. The van der Waals surface area contributed by atoms with Gasteiger partial charge in [0.15, 0.2) is 0 Å². The van der Waals surface area contributed by atoms with Gasteiger partial charge >= 0.3 is 0 Å². The standard InChI is InChI=1S/C14H18BrN3/c1-17-7-3-4-13(10-17)18(2)14-6-5-12(15)8-11(14)9-16/h5-6,8,13H,3-4,7,10H2,1-2H3. The molecule has 0 spiro atoms. The molecule has 0 radical (unpaired) electrons. The fourth-order valence-corrected chi connectivity index (χ4v) is 2.92. The van der Waals surface area contributed by atoms with E-state index in [1.165, 1.54) is 19.4 Å². The van der Waals surface area contributed by atoms with Gasteiger partial charge in [-0.05, 0) is 44.6 Å². The summed E-state index contributed by atoms with van der Waals surface area (Å²) in [6, 6.07) is 8.69. The van der Waals surface area contributed by atoms with Crippen LogP contribution < -0.4 is 4.90 Å². The molecule has 1 aromatic carbocycles. The van der Waals surface area contributed by atoms with Crippen LogP contribution in [0.3, 0.4) is 0 Å². The normalized spacial score (nSPS) is 20.4. The van der Waals surface area contributed by atoms with Gasteiger partial charge in [0.2, 0.25) is 0 Å². The zero-order chi connectivity index (χ0) is 13.1. The van der Waals surface area contributed by atoms with Crippen molar-refractivity contribution in [1.29, 1.82) is 5.26 Å². The second-order valence-corrected chi connectivity index (χ2v) is 5.86. The average Bonchev–Trinajstić information content (AvgIpc) is 2.37. The van der Waals surface area contributed by atoms with E-state index >= 15 is 0 Å². The minimum Gasteiger partial charge on any atom is -0.369 e. The molecule has 1 aliphatic rings. The van der Waals surface area contributed by atoms with Crippen molar-refractivity contribution in [2.24, 2.45) is 0 Å². The predicted molar refractivity (Wildman–Crippen MR) is 77.8 cm³/mol. The topological polar surface area (TPSA) is 30.3 Å². The van der Waals surface area contributed by atoms with E-state index in [1.807, 2.05) is 18.2 Å². The number of rotatable bonds is 2. The molecule has 1 atom stereocenters. The zero-order valence-electron chi connectivity index (χ0n) is 10.9. The summed E-state index contributed by atoms with van der Waals surface area (Å²) in [6.45, 7) is 2.24. The van der Waals surface area contributed by atoms with E-state index in [-0.39, 0.29) is 0 Å². The first-order chi connectivity index (χ1) is 8.61. The molecule has 4 heteroatoms. The molecule has 0 amide bonds. The Morgan fingerprint density at radius 2 is 2.28 bits per heavy atom. The van der Waals surface area contributed by atoms with Gasteiger partial charge in [0.1, 0.15) is 6.07 Å². The molecular weight excluding hydrogens is 290 g/mol. The van der Waals surface area contributed by atoms with Gasteiger partial charge in [-0.2, -0.15) is 5.26 Å². The number of nitriles is 1. The molecule has 2 rings (SSSR count). The van der Waals surface area contributed by atoms with Crippen LogP contribution in [0.1, 0.15) is 18.4 Å². The van der Waals surface area contributed by atoms with Crippen molar-refractivity contribution in [1.82, 2.24) is 4.90 Å². The molecule has 0 aliphatic carbocycles. The van der Waals surface area contributed by atoms with E-state index in [9.17, 15) is 5.26 Å². The van der Waals surface area contributed by atoms with Crippen molar-refractivity contribution >= 4 is 21.6 Å². The Kier molecular flexibility index (Phi) is 4.26. The Balaban J connectivity index is 2.23. The molecular formula is C14H18BrN3. The largest absolute Gasteiger partial charge is 0.369 e. The van der Waals surface area contributed by atoms with Crippen molar-refractivity contribution < 1.29 is 0 Å². The first-order valence-corrected chi connectivity index (χ1v) is 7.02. The van der Waals surface area contributed by atoms with Crippen molar-refractivity contribution in [3.8, 4) is 6.07 Å². The minimum atomic E-state index is 0.497. The lowest BCUT2D eigenvalue weighted by molar-refractivity contribution is 0.248. The van der Waals surface area contributed by atoms with E-state index in [2.05, 4.69) is 45.9 Å². The number of nitrogens with zero attached hydrogens (tertiary/aromatic N) is 3. The monoisotopic (exact) mass is 307 g/mol. The maximum atomic E-state index is 9.23. The molecule has 18 heavy (non-hydrogen) atoms. The van der Waals surface area contributed by atoms with Crippen LogP contribution in [0.2, 0.25) is 0 Å². The van der Waals surface area contributed by atoms with Crippen LogP contribution in [0.5, 0.6) is 0 Å². The highest BCUT2D eigenvalue weighted by molar-refractivity contribution is 9.10. The van der Waals surface area contributed by atoms with Gasteiger partial charge in [-0.1, -0.05) is 15.9 Å². The van der Waals surface area contributed by atoms with Gasteiger partial charge < -0.3 is 9.80 Å². The van der Waals surface area contributed by atoms with E-state index in [0.29, 0.717) is 6.04 Å². The molecule has 1 unspecified atom stereocenters. The summed E-state index contributed by atoms with van der Waals surface area (Å²) < 4.78 is 0.956. The van der Waals surface area contributed by atoms with Crippen molar-refractivity contribution in [3.63, 3.8) is 0 Å². The molecule has 1 heterocycles. The summed E-state index contributed by atoms with van der Waals surface area (Å²) in [5, 5.41) is 9.23. The van der Waals surface area contributed by atoms with Crippen LogP contribution in [0.15, 0.2) is 22.7 Å². The fraction of sp³-hybridized carbons (Fsp3) is 0.500. The first kappa shape index (κ1) is 13.4. The fourth-order valence-electron chi connectivity index (χ4n) is 2.56. The zero-order valence-corrected chi connectivity index (χ0v) is 12.4. The van der Waals surface area contributed by atoms with Crippen molar-refractivity contribution in [3.05, 3.63) is 28.2 Å². The Hall–Kier alpha value is -1.05. The summed E-state index contributed by atoms with van der Waals surface area (Å²) in [4.78, 5) is 4.61. The molecule has 0 saturated carbocycles. The molecule has 0 aromatic heterocycles. The molecule has 1 aromatic rings. The lowest BCUT2D eigenvalue weighted by Crippen LogP contribution is -2.45.